The number of rotatable bonds is 1. The Kier molecular flexibility index (Phi) is 4.61. The van der Waals surface area contributed by atoms with Gasteiger partial charge in [0.2, 0.25) is 0 Å². The molecule has 1 rings (SSSR count). The van der Waals surface area contributed by atoms with Crippen LogP contribution < -0.4 is 0 Å². The third kappa shape index (κ3) is 2.37. The molecule has 1 fully saturated rings. The summed E-state index contributed by atoms with van der Waals surface area (Å²) in [6, 6.07) is 0. The molecule has 4 atom stereocenters. The maximum atomic E-state index is 9.11. The van der Waals surface area contributed by atoms with E-state index in [1.54, 1.807) is 0 Å². The second-order valence-electron chi connectivity index (χ2n) is 2.61. The van der Waals surface area contributed by atoms with Gasteiger partial charge in [-0.25, -0.2) is 0 Å². The number of ether oxygens (including phenoxy) is 1. The van der Waals surface area contributed by atoms with E-state index in [0.29, 0.717) is 0 Å². The van der Waals surface area contributed by atoms with E-state index < -0.39 is 31.2 Å². The fraction of sp³-hybridized carbons (Fsp3) is 1.00. The molecule has 0 amide bonds. The summed E-state index contributed by atoms with van der Waals surface area (Å²) in [7, 11) is 0. The molecule has 74 valence electrons. The summed E-state index contributed by atoms with van der Waals surface area (Å²) in [5.74, 6) is 0. The van der Waals surface area contributed by atoms with Crippen molar-refractivity contribution in [3.05, 3.63) is 0 Å². The lowest BCUT2D eigenvalue weighted by Crippen LogP contribution is -2.49. The van der Waals surface area contributed by atoms with E-state index in [1.807, 2.05) is 0 Å². The molecule has 12 heavy (non-hydrogen) atoms. The van der Waals surface area contributed by atoms with E-state index in [9.17, 15) is 0 Å². The van der Waals surface area contributed by atoms with Gasteiger partial charge in [-0.1, -0.05) is 0 Å². The zero-order valence-corrected chi connectivity index (χ0v) is 6.42. The average molecular weight is 182 g/mol. The molecular formula is C6H14O6. The van der Waals surface area contributed by atoms with Crippen LogP contribution in [0.25, 0.3) is 0 Å². The summed E-state index contributed by atoms with van der Waals surface area (Å²) in [5, 5.41) is 35.6. The highest BCUT2D eigenvalue weighted by molar-refractivity contribution is 4.81. The maximum absolute atomic E-state index is 9.11. The van der Waals surface area contributed by atoms with Gasteiger partial charge in [-0.3, -0.25) is 0 Å². The number of aliphatic hydroxyl groups excluding tert-OH is 4. The minimum atomic E-state index is -1.11. The summed E-state index contributed by atoms with van der Waals surface area (Å²) < 4.78 is 4.71. The highest BCUT2D eigenvalue weighted by Gasteiger charge is 2.35. The van der Waals surface area contributed by atoms with Gasteiger partial charge in [-0.05, 0) is 0 Å². The first-order chi connectivity index (χ1) is 5.15. The van der Waals surface area contributed by atoms with Gasteiger partial charge in [-0.2, -0.15) is 0 Å². The van der Waals surface area contributed by atoms with E-state index in [-0.39, 0.29) is 11.9 Å². The number of aliphatic hydroxyl groups is 4. The molecule has 6 heteroatoms. The predicted octanol–water partition coefficient (Wildman–Crippen LogP) is -3.02. The lowest BCUT2D eigenvalue weighted by atomic mass is 10.0. The van der Waals surface area contributed by atoms with Gasteiger partial charge in [-0.15, -0.1) is 0 Å². The first-order valence-electron chi connectivity index (χ1n) is 3.45. The quantitative estimate of drug-likeness (QED) is 0.344. The molecule has 1 saturated heterocycles. The van der Waals surface area contributed by atoms with Crippen molar-refractivity contribution in [3.63, 3.8) is 0 Å². The maximum Gasteiger partial charge on any atom is 0.157 e. The fourth-order valence-electron chi connectivity index (χ4n) is 1.08. The zero-order valence-electron chi connectivity index (χ0n) is 6.42. The van der Waals surface area contributed by atoms with Crippen LogP contribution >= 0.6 is 0 Å². The van der Waals surface area contributed by atoms with Crippen molar-refractivity contribution in [1.29, 1.82) is 0 Å². The molecule has 1 unspecified atom stereocenters. The second kappa shape index (κ2) is 4.70. The van der Waals surface area contributed by atoms with Crippen LogP contribution in [0.2, 0.25) is 0 Å². The molecule has 0 radical (unpaired) electrons. The van der Waals surface area contributed by atoms with E-state index in [4.69, 9.17) is 25.2 Å². The minimum Gasteiger partial charge on any atom is -0.412 e. The lowest BCUT2D eigenvalue weighted by molar-refractivity contribution is -0.239. The summed E-state index contributed by atoms with van der Waals surface area (Å²) in [5.41, 5.74) is 0. The van der Waals surface area contributed by atoms with Crippen molar-refractivity contribution in [2.75, 3.05) is 6.61 Å². The Morgan fingerprint density at radius 3 is 2.33 bits per heavy atom. The van der Waals surface area contributed by atoms with Crippen molar-refractivity contribution in [3.8, 4) is 0 Å². The molecule has 0 saturated carbocycles. The van der Waals surface area contributed by atoms with Gasteiger partial charge < -0.3 is 30.6 Å². The lowest BCUT2D eigenvalue weighted by Gasteiger charge is -2.33. The second-order valence-corrected chi connectivity index (χ2v) is 2.61. The van der Waals surface area contributed by atoms with Gasteiger partial charge >= 0.3 is 0 Å². The van der Waals surface area contributed by atoms with Crippen molar-refractivity contribution in [2.45, 2.75) is 31.0 Å². The van der Waals surface area contributed by atoms with Crippen LogP contribution in [0.1, 0.15) is 6.42 Å². The number of hydrogen-bond acceptors (Lipinski definition) is 5. The van der Waals surface area contributed by atoms with Crippen LogP contribution in [-0.2, 0) is 4.74 Å². The van der Waals surface area contributed by atoms with Crippen LogP contribution in [-0.4, -0.2) is 57.1 Å². The van der Waals surface area contributed by atoms with Crippen LogP contribution in [0.3, 0.4) is 0 Å². The molecule has 0 aromatic carbocycles. The summed E-state index contributed by atoms with van der Waals surface area (Å²) in [4.78, 5) is 0. The molecule has 6 N–H and O–H groups in total. The van der Waals surface area contributed by atoms with Crippen molar-refractivity contribution >= 4 is 0 Å². The molecule has 1 heterocycles. The van der Waals surface area contributed by atoms with Gasteiger partial charge in [0.25, 0.3) is 0 Å². The largest absolute Gasteiger partial charge is 0.412 e. The molecule has 0 bridgehead atoms. The smallest absolute Gasteiger partial charge is 0.157 e. The van der Waals surface area contributed by atoms with Crippen LogP contribution in [0.5, 0.6) is 0 Å². The molecule has 0 aliphatic carbocycles. The monoisotopic (exact) mass is 182 g/mol. The van der Waals surface area contributed by atoms with E-state index in [2.05, 4.69) is 0 Å². The fourth-order valence-corrected chi connectivity index (χ4v) is 1.08. The average Bonchev–Trinajstić information content (AvgIpc) is 1.96. The Morgan fingerprint density at radius 1 is 1.25 bits per heavy atom. The van der Waals surface area contributed by atoms with E-state index >= 15 is 0 Å². The van der Waals surface area contributed by atoms with Crippen molar-refractivity contribution in [2.24, 2.45) is 0 Å². The minimum absolute atomic E-state index is 0. The molecule has 0 spiro atoms. The SMILES string of the molecule is O.OC[C@H]1OC(O)C[C@H](O)[C@@H]1O. The molecule has 1 aliphatic rings. The molecule has 0 aromatic rings. The first kappa shape index (κ1) is 11.8. The van der Waals surface area contributed by atoms with Gasteiger partial charge in [0, 0.05) is 6.42 Å². The Bertz CT molecular complexity index is 129. The third-order valence-corrected chi connectivity index (χ3v) is 1.73. The van der Waals surface area contributed by atoms with Crippen molar-refractivity contribution < 1.29 is 30.6 Å². The molecule has 0 aromatic heterocycles. The predicted molar refractivity (Wildman–Crippen MR) is 38.2 cm³/mol. The van der Waals surface area contributed by atoms with Crippen LogP contribution in [0.4, 0.5) is 0 Å². The van der Waals surface area contributed by atoms with Crippen LogP contribution in [0, 0.1) is 0 Å². The van der Waals surface area contributed by atoms with Crippen LogP contribution in [0.15, 0.2) is 0 Å². The summed E-state index contributed by atoms with van der Waals surface area (Å²) >= 11 is 0. The molecular weight excluding hydrogens is 168 g/mol. The van der Waals surface area contributed by atoms with Gasteiger partial charge in [0.15, 0.2) is 6.29 Å². The molecule has 1 aliphatic heterocycles. The van der Waals surface area contributed by atoms with Gasteiger partial charge in [0.05, 0.1) is 12.7 Å². The topological polar surface area (TPSA) is 122 Å². The highest BCUT2D eigenvalue weighted by atomic mass is 16.6. The third-order valence-electron chi connectivity index (χ3n) is 1.73. The zero-order chi connectivity index (χ0) is 8.43. The summed E-state index contributed by atoms with van der Waals surface area (Å²) in [6.07, 6.45) is -4.11. The Labute approximate surface area is 69.3 Å². The van der Waals surface area contributed by atoms with E-state index in [1.165, 1.54) is 0 Å². The number of hydrogen-bond donors (Lipinski definition) is 4. The summed E-state index contributed by atoms with van der Waals surface area (Å²) in [6.45, 7) is -0.407. The normalized spacial score (nSPS) is 42.0. The molecule has 6 nitrogen and oxygen atoms in total. The van der Waals surface area contributed by atoms with E-state index in [0.717, 1.165) is 0 Å². The first-order valence-corrected chi connectivity index (χ1v) is 3.45. The Morgan fingerprint density at radius 2 is 1.83 bits per heavy atom. The Hall–Kier alpha value is -0.240. The Balaban J connectivity index is 0.00000121. The highest BCUT2D eigenvalue weighted by Crippen LogP contribution is 2.18. The standard InChI is InChI=1S/C6H12O5.H2O/c7-2-4-6(10)3(8)1-5(9)11-4;/h3-10H,1-2H2;1H2/t3-,4+,5?,6-;/m0./s1. The van der Waals surface area contributed by atoms with Gasteiger partial charge in [0.1, 0.15) is 12.2 Å². The van der Waals surface area contributed by atoms with Crippen molar-refractivity contribution in [1.82, 2.24) is 0 Å².